The minimum absolute atomic E-state index is 0.00319. The van der Waals surface area contributed by atoms with Crippen molar-refractivity contribution in [2.75, 3.05) is 6.54 Å². The van der Waals surface area contributed by atoms with Crippen molar-refractivity contribution in [2.24, 2.45) is 0 Å². The van der Waals surface area contributed by atoms with Gasteiger partial charge in [-0.15, -0.1) is 22.7 Å². The van der Waals surface area contributed by atoms with Gasteiger partial charge < -0.3 is 9.42 Å². The van der Waals surface area contributed by atoms with E-state index in [1.165, 1.54) is 11.3 Å². The number of aromatic nitrogens is 2. The molecule has 0 aliphatic carbocycles. The van der Waals surface area contributed by atoms with Gasteiger partial charge in [0.05, 0.1) is 16.6 Å². The fourth-order valence-electron chi connectivity index (χ4n) is 3.31. The van der Waals surface area contributed by atoms with E-state index in [2.05, 4.69) is 10.1 Å². The van der Waals surface area contributed by atoms with Gasteiger partial charge in [0, 0.05) is 17.5 Å². The molecule has 0 aromatic carbocycles. The Labute approximate surface area is 147 Å². The number of rotatable bonds is 3. The zero-order valence-electron chi connectivity index (χ0n) is 13.5. The van der Waals surface area contributed by atoms with Crippen molar-refractivity contribution >= 4 is 28.6 Å². The van der Waals surface area contributed by atoms with Crippen molar-refractivity contribution < 1.29 is 9.32 Å². The molecule has 3 aromatic heterocycles. The Kier molecular flexibility index (Phi) is 3.97. The summed E-state index contributed by atoms with van der Waals surface area (Å²) in [6.45, 7) is 4.60. The van der Waals surface area contributed by atoms with Gasteiger partial charge >= 0.3 is 0 Å². The first-order valence-corrected chi connectivity index (χ1v) is 9.64. The SMILES string of the molecule is Cc1noc(C)c1C1CCCN1C(=O)c1csc(-c2cccs2)n1. The molecule has 0 spiro atoms. The van der Waals surface area contributed by atoms with Gasteiger partial charge in [-0.2, -0.15) is 0 Å². The van der Waals surface area contributed by atoms with Crippen LogP contribution in [-0.4, -0.2) is 27.5 Å². The van der Waals surface area contributed by atoms with Gasteiger partial charge in [0.1, 0.15) is 16.5 Å². The quantitative estimate of drug-likeness (QED) is 0.693. The van der Waals surface area contributed by atoms with Crippen LogP contribution in [0.3, 0.4) is 0 Å². The molecule has 1 amide bonds. The Hall–Kier alpha value is -1.99. The molecule has 7 heteroatoms. The highest BCUT2D eigenvalue weighted by molar-refractivity contribution is 7.20. The standard InChI is InChI=1S/C17H17N3O2S2/c1-10-15(11(2)22-19-10)13-5-3-7-20(13)17(21)12-9-24-16(18-12)14-6-4-8-23-14/h4,6,8-9,13H,3,5,7H2,1-2H3. The van der Waals surface area contributed by atoms with E-state index in [-0.39, 0.29) is 11.9 Å². The Balaban J connectivity index is 1.62. The summed E-state index contributed by atoms with van der Waals surface area (Å²) in [5.41, 5.74) is 2.45. The molecule has 3 aromatic rings. The third kappa shape index (κ3) is 2.57. The van der Waals surface area contributed by atoms with Gasteiger partial charge in [0.2, 0.25) is 0 Å². The lowest BCUT2D eigenvalue weighted by molar-refractivity contribution is 0.0729. The maximum Gasteiger partial charge on any atom is 0.273 e. The number of likely N-dealkylation sites (tertiary alicyclic amines) is 1. The van der Waals surface area contributed by atoms with Gasteiger partial charge in [0.15, 0.2) is 0 Å². The van der Waals surface area contributed by atoms with Crippen LogP contribution in [0.1, 0.15) is 46.4 Å². The van der Waals surface area contributed by atoms with Gasteiger partial charge in [-0.05, 0) is 38.1 Å². The molecule has 0 N–H and O–H groups in total. The molecule has 1 aliphatic rings. The molecular formula is C17H17N3O2S2. The molecule has 24 heavy (non-hydrogen) atoms. The first-order valence-electron chi connectivity index (χ1n) is 7.88. The van der Waals surface area contributed by atoms with Crippen molar-refractivity contribution in [1.29, 1.82) is 0 Å². The molecule has 1 atom stereocenters. The van der Waals surface area contributed by atoms with Crippen molar-refractivity contribution in [2.45, 2.75) is 32.7 Å². The van der Waals surface area contributed by atoms with Crippen molar-refractivity contribution in [3.05, 3.63) is 45.6 Å². The lowest BCUT2D eigenvalue weighted by Crippen LogP contribution is -2.31. The first-order chi connectivity index (χ1) is 11.6. The Morgan fingerprint density at radius 3 is 2.96 bits per heavy atom. The average Bonchev–Trinajstić information content (AvgIpc) is 3.34. The summed E-state index contributed by atoms with van der Waals surface area (Å²) < 4.78 is 5.29. The van der Waals surface area contributed by atoms with Crippen LogP contribution in [0.2, 0.25) is 0 Å². The van der Waals surface area contributed by atoms with Crippen LogP contribution in [0.5, 0.6) is 0 Å². The van der Waals surface area contributed by atoms with Crippen molar-refractivity contribution in [3.8, 4) is 9.88 Å². The topological polar surface area (TPSA) is 59.2 Å². The van der Waals surface area contributed by atoms with E-state index in [9.17, 15) is 4.79 Å². The largest absolute Gasteiger partial charge is 0.361 e. The third-order valence-electron chi connectivity index (χ3n) is 4.39. The molecule has 0 bridgehead atoms. The number of carbonyl (C=O) groups is 1. The van der Waals surface area contributed by atoms with Crippen LogP contribution in [0.15, 0.2) is 27.4 Å². The third-order valence-corrected chi connectivity index (χ3v) is 6.27. The molecule has 4 rings (SSSR count). The maximum absolute atomic E-state index is 13.0. The Morgan fingerprint density at radius 2 is 2.25 bits per heavy atom. The summed E-state index contributed by atoms with van der Waals surface area (Å²) in [5, 5.41) is 8.83. The second kappa shape index (κ2) is 6.14. The van der Waals surface area contributed by atoms with E-state index >= 15 is 0 Å². The second-order valence-electron chi connectivity index (χ2n) is 5.91. The zero-order chi connectivity index (χ0) is 16.7. The fraction of sp³-hybridized carbons (Fsp3) is 0.353. The number of carbonyl (C=O) groups excluding carboxylic acids is 1. The number of hydrogen-bond acceptors (Lipinski definition) is 6. The number of nitrogens with zero attached hydrogens (tertiary/aromatic N) is 3. The Bertz CT molecular complexity index is 847. The van der Waals surface area contributed by atoms with E-state index < -0.39 is 0 Å². The van der Waals surface area contributed by atoms with Crippen molar-refractivity contribution in [3.63, 3.8) is 0 Å². The summed E-state index contributed by atoms with van der Waals surface area (Å²) >= 11 is 3.16. The molecule has 0 saturated carbocycles. The molecule has 1 aliphatic heterocycles. The Morgan fingerprint density at radius 1 is 1.38 bits per heavy atom. The predicted molar refractivity (Wildman–Crippen MR) is 94.4 cm³/mol. The lowest BCUT2D eigenvalue weighted by atomic mass is 10.0. The van der Waals surface area contributed by atoms with Gasteiger partial charge in [-0.1, -0.05) is 11.2 Å². The highest BCUT2D eigenvalue weighted by atomic mass is 32.1. The molecular weight excluding hydrogens is 342 g/mol. The lowest BCUT2D eigenvalue weighted by Gasteiger charge is -2.23. The summed E-state index contributed by atoms with van der Waals surface area (Å²) in [6, 6.07) is 4.06. The van der Waals surface area contributed by atoms with Crippen LogP contribution in [-0.2, 0) is 0 Å². The molecule has 124 valence electrons. The van der Waals surface area contributed by atoms with E-state index in [1.54, 1.807) is 11.3 Å². The number of aryl methyl sites for hydroxylation is 2. The monoisotopic (exact) mass is 359 g/mol. The van der Waals surface area contributed by atoms with Crippen LogP contribution < -0.4 is 0 Å². The molecule has 1 fully saturated rings. The van der Waals surface area contributed by atoms with E-state index in [1.807, 2.05) is 41.6 Å². The van der Waals surface area contributed by atoms with E-state index in [0.717, 1.165) is 46.3 Å². The summed E-state index contributed by atoms with van der Waals surface area (Å²) in [4.78, 5) is 20.6. The first kappa shape index (κ1) is 15.5. The maximum atomic E-state index is 13.0. The summed E-state index contributed by atoms with van der Waals surface area (Å²) in [5.74, 6) is 0.798. The van der Waals surface area contributed by atoms with E-state index in [0.29, 0.717) is 5.69 Å². The van der Waals surface area contributed by atoms with Gasteiger partial charge in [-0.25, -0.2) is 4.98 Å². The molecule has 0 radical (unpaired) electrons. The molecule has 4 heterocycles. The predicted octanol–water partition coefficient (Wildman–Crippen LogP) is 4.45. The number of amides is 1. The number of thiazole rings is 1. The van der Waals surface area contributed by atoms with Crippen LogP contribution in [0.25, 0.3) is 9.88 Å². The normalized spacial score (nSPS) is 17.6. The van der Waals surface area contributed by atoms with E-state index in [4.69, 9.17) is 4.52 Å². The minimum atomic E-state index is -0.00319. The highest BCUT2D eigenvalue weighted by Gasteiger charge is 2.35. The fourth-order valence-corrected chi connectivity index (χ4v) is 4.92. The van der Waals surface area contributed by atoms with Gasteiger partial charge in [0.25, 0.3) is 5.91 Å². The van der Waals surface area contributed by atoms with Crippen LogP contribution in [0, 0.1) is 13.8 Å². The summed E-state index contributed by atoms with van der Waals surface area (Å²) in [6.07, 6.45) is 1.93. The highest BCUT2D eigenvalue weighted by Crippen LogP contribution is 2.37. The minimum Gasteiger partial charge on any atom is -0.361 e. The molecule has 1 saturated heterocycles. The number of thiophene rings is 1. The van der Waals surface area contributed by atoms with Crippen molar-refractivity contribution in [1.82, 2.24) is 15.0 Å². The van der Waals surface area contributed by atoms with Crippen LogP contribution in [0.4, 0.5) is 0 Å². The average molecular weight is 359 g/mol. The molecule has 5 nitrogen and oxygen atoms in total. The van der Waals surface area contributed by atoms with Gasteiger partial charge in [-0.3, -0.25) is 4.79 Å². The molecule has 1 unspecified atom stereocenters. The second-order valence-corrected chi connectivity index (χ2v) is 7.72. The zero-order valence-corrected chi connectivity index (χ0v) is 15.1. The summed E-state index contributed by atoms with van der Waals surface area (Å²) in [7, 11) is 0. The number of hydrogen-bond donors (Lipinski definition) is 0. The van der Waals surface area contributed by atoms with Crippen LogP contribution >= 0.6 is 22.7 Å². The smallest absolute Gasteiger partial charge is 0.273 e.